The highest BCUT2D eigenvalue weighted by molar-refractivity contribution is 7.88. The maximum absolute atomic E-state index is 12.6. The van der Waals surface area contributed by atoms with E-state index >= 15 is 0 Å². The van der Waals surface area contributed by atoms with E-state index in [9.17, 15) is 8.42 Å². The number of halogens is 1. The van der Waals surface area contributed by atoms with E-state index in [0.717, 1.165) is 24.1 Å². The van der Waals surface area contributed by atoms with Crippen molar-refractivity contribution in [3.63, 3.8) is 0 Å². The molecule has 5 nitrogen and oxygen atoms in total. The maximum atomic E-state index is 12.6. The van der Waals surface area contributed by atoms with Crippen LogP contribution in [0.1, 0.15) is 24.0 Å². The van der Waals surface area contributed by atoms with Gasteiger partial charge < -0.3 is 5.32 Å². The molecule has 26 heavy (non-hydrogen) atoms. The van der Waals surface area contributed by atoms with Crippen molar-refractivity contribution in [3.8, 4) is 6.07 Å². The molecule has 0 atom stereocenters. The number of benzene rings is 2. The van der Waals surface area contributed by atoms with Gasteiger partial charge >= 0.3 is 0 Å². The van der Waals surface area contributed by atoms with Crippen LogP contribution in [0.3, 0.4) is 0 Å². The number of rotatable bonds is 5. The molecule has 7 heteroatoms. The summed E-state index contributed by atoms with van der Waals surface area (Å²) in [6, 6.07) is 16.7. The average molecular weight is 390 g/mol. The number of hydrogen-bond donors (Lipinski definition) is 1. The van der Waals surface area contributed by atoms with Crippen molar-refractivity contribution in [2.75, 3.05) is 18.4 Å². The number of anilines is 1. The van der Waals surface area contributed by atoms with Crippen molar-refractivity contribution in [2.24, 2.45) is 0 Å². The molecule has 3 rings (SSSR count). The van der Waals surface area contributed by atoms with Crippen LogP contribution in [0.15, 0.2) is 48.5 Å². The minimum atomic E-state index is -3.30. The fraction of sp³-hybridized carbons (Fsp3) is 0.316. The van der Waals surface area contributed by atoms with E-state index < -0.39 is 10.0 Å². The van der Waals surface area contributed by atoms with E-state index in [-0.39, 0.29) is 11.8 Å². The first-order chi connectivity index (χ1) is 12.5. The Morgan fingerprint density at radius 3 is 2.46 bits per heavy atom. The summed E-state index contributed by atoms with van der Waals surface area (Å²) < 4.78 is 26.8. The highest BCUT2D eigenvalue weighted by atomic mass is 35.5. The number of nitrogens with zero attached hydrogens (tertiary/aromatic N) is 2. The predicted molar refractivity (Wildman–Crippen MR) is 103 cm³/mol. The molecule has 0 aliphatic carbocycles. The Hall–Kier alpha value is -2.07. The van der Waals surface area contributed by atoms with E-state index in [2.05, 4.69) is 5.32 Å². The number of piperidine rings is 1. The Bertz CT molecular complexity index is 902. The van der Waals surface area contributed by atoms with E-state index in [1.165, 1.54) is 0 Å². The average Bonchev–Trinajstić information content (AvgIpc) is 2.63. The number of hydrogen-bond acceptors (Lipinski definition) is 4. The Morgan fingerprint density at radius 2 is 1.85 bits per heavy atom. The first-order valence-electron chi connectivity index (χ1n) is 8.46. The highest BCUT2D eigenvalue weighted by Gasteiger charge is 2.28. The van der Waals surface area contributed by atoms with Crippen LogP contribution >= 0.6 is 11.6 Å². The maximum Gasteiger partial charge on any atom is 0.218 e. The van der Waals surface area contributed by atoms with Gasteiger partial charge in [-0.15, -0.1) is 0 Å². The van der Waals surface area contributed by atoms with E-state index in [1.54, 1.807) is 16.4 Å². The molecule has 0 unspecified atom stereocenters. The predicted octanol–water partition coefficient (Wildman–Crippen LogP) is 3.62. The highest BCUT2D eigenvalue weighted by Crippen LogP contribution is 2.24. The molecule has 2 aromatic rings. The second-order valence-electron chi connectivity index (χ2n) is 6.37. The van der Waals surface area contributed by atoms with Crippen LogP contribution in [0.2, 0.25) is 5.02 Å². The van der Waals surface area contributed by atoms with Crippen molar-refractivity contribution in [1.82, 2.24) is 4.31 Å². The molecule has 0 bridgehead atoms. The van der Waals surface area contributed by atoms with Crippen molar-refractivity contribution < 1.29 is 8.42 Å². The fourth-order valence-corrected chi connectivity index (χ4v) is 4.87. The lowest BCUT2D eigenvalue weighted by Crippen LogP contribution is -2.42. The minimum absolute atomic E-state index is 0.0389. The molecule has 1 N–H and O–H groups in total. The Labute approximate surface area is 159 Å². The standard InChI is InChI=1S/C19H20ClN3O2S/c20-19-12-18(7-6-16(19)13-21)22-17-8-10-23(11-9-17)26(24,25)14-15-4-2-1-3-5-15/h1-7,12,17,22H,8-11,14H2. The van der Waals surface area contributed by atoms with Crippen LogP contribution in [-0.2, 0) is 15.8 Å². The molecular formula is C19H20ClN3O2S. The number of sulfonamides is 1. The van der Waals surface area contributed by atoms with Crippen LogP contribution in [0, 0.1) is 11.3 Å². The van der Waals surface area contributed by atoms with E-state index in [4.69, 9.17) is 16.9 Å². The van der Waals surface area contributed by atoms with Gasteiger partial charge in [0, 0.05) is 24.8 Å². The van der Waals surface area contributed by atoms with Gasteiger partial charge in [-0.3, -0.25) is 0 Å². The minimum Gasteiger partial charge on any atom is -0.382 e. The van der Waals surface area contributed by atoms with Gasteiger partial charge in [0.1, 0.15) is 6.07 Å². The molecule has 1 aliphatic rings. The molecule has 2 aromatic carbocycles. The Balaban J connectivity index is 1.57. The summed E-state index contributed by atoms with van der Waals surface area (Å²) in [6.45, 7) is 0.994. The summed E-state index contributed by atoms with van der Waals surface area (Å²) >= 11 is 6.06. The monoisotopic (exact) mass is 389 g/mol. The molecule has 0 amide bonds. The van der Waals surface area contributed by atoms with Gasteiger partial charge in [-0.05, 0) is 36.6 Å². The van der Waals surface area contributed by atoms with Gasteiger partial charge in [0.25, 0.3) is 0 Å². The lowest BCUT2D eigenvalue weighted by atomic mass is 10.1. The Kier molecular flexibility index (Phi) is 5.82. The summed E-state index contributed by atoms with van der Waals surface area (Å²) in [5.41, 5.74) is 2.10. The second kappa shape index (κ2) is 8.09. The van der Waals surface area contributed by atoms with Gasteiger partial charge in [-0.2, -0.15) is 5.26 Å². The molecule has 1 fully saturated rings. The lowest BCUT2D eigenvalue weighted by molar-refractivity contribution is 0.329. The van der Waals surface area contributed by atoms with Crippen molar-refractivity contribution in [2.45, 2.75) is 24.6 Å². The summed E-state index contributed by atoms with van der Waals surface area (Å²) in [7, 11) is -3.30. The van der Waals surface area contributed by atoms with E-state index in [1.807, 2.05) is 42.5 Å². The lowest BCUT2D eigenvalue weighted by Gasteiger charge is -2.32. The van der Waals surface area contributed by atoms with Crippen LogP contribution in [-0.4, -0.2) is 31.9 Å². The van der Waals surface area contributed by atoms with Crippen LogP contribution in [0.5, 0.6) is 0 Å². The topological polar surface area (TPSA) is 73.2 Å². The molecule has 1 saturated heterocycles. The summed E-state index contributed by atoms with van der Waals surface area (Å²) in [6.07, 6.45) is 1.46. The zero-order valence-corrected chi connectivity index (χ0v) is 15.8. The van der Waals surface area contributed by atoms with Crippen LogP contribution in [0.25, 0.3) is 0 Å². The summed E-state index contributed by atoms with van der Waals surface area (Å²) in [5.74, 6) is 0.0389. The van der Waals surface area contributed by atoms with Gasteiger partial charge in [-0.25, -0.2) is 12.7 Å². The van der Waals surface area contributed by atoms with Crippen LogP contribution < -0.4 is 5.32 Å². The van der Waals surface area contributed by atoms with Crippen molar-refractivity contribution in [3.05, 3.63) is 64.7 Å². The zero-order chi connectivity index (χ0) is 18.6. The first-order valence-corrected chi connectivity index (χ1v) is 10.4. The van der Waals surface area contributed by atoms with Gasteiger partial charge in [0.05, 0.1) is 16.3 Å². The van der Waals surface area contributed by atoms with Crippen molar-refractivity contribution in [1.29, 1.82) is 5.26 Å². The number of nitriles is 1. The SMILES string of the molecule is N#Cc1ccc(NC2CCN(S(=O)(=O)Cc3ccccc3)CC2)cc1Cl. The number of nitrogens with one attached hydrogen (secondary N) is 1. The molecule has 0 spiro atoms. The third-order valence-electron chi connectivity index (χ3n) is 4.50. The third-order valence-corrected chi connectivity index (χ3v) is 6.66. The fourth-order valence-electron chi connectivity index (χ4n) is 3.09. The van der Waals surface area contributed by atoms with E-state index in [0.29, 0.717) is 23.7 Å². The smallest absolute Gasteiger partial charge is 0.218 e. The van der Waals surface area contributed by atoms with Gasteiger partial charge in [0.15, 0.2) is 0 Å². The molecule has 0 radical (unpaired) electrons. The van der Waals surface area contributed by atoms with Gasteiger partial charge in [-0.1, -0.05) is 41.9 Å². The van der Waals surface area contributed by atoms with Gasteiger partial charge in [0.2, 0.25) is 10.0 Å². The normalized spacial score (nSPS) is 16.2. The molecule has 0 aromatic heterocycles. The third kappa shape index (κ3) is 4.55. The van der Waals surface area contributed by atoms with Crippen LogP contribution in [0.4, 0.5) is 5.69 Å². The molecular weight excluding hydrogens is 370 g/mol. The Morgan fingerprint density at radius 1 is 1.15 bits per heavy atom. The first kappa shape index (κ1) is 18.7. The van der Waals surface area contributed by atoms with Crippen molar-refractivity contribution >= 4 is 27.3 Å². The molecule has 0 saturated carbocycles. The molecule has 1 heterocycles. The molecule has 1 aliphatic heterocycles. The summed E-state index contributed by atoms with van der Waals surface area (Å²) in [4.78, 5) is 0. The second-order valence-corrected chi connectivity index (χ2v) is 8.74. The largest absolute Gasteiger partial charge is 0.382 e. The zero-order valence-electron chi connectivity index (χ0n) is 14.2. The quantitative estimate of drug-likeness (QED) is 0.847. The molecule has 136 valence electrons. The summed E-state index contributed by atoms with van der Waals surface area (Å²) in [5, 5.41) is 12.7.